The van der Waals surface area contributed by atoms with Gasteiger partial charge in [0.1, 0.15) is 17.0 Å². The highest BCUT2D eigenvalue weighted by molar-refractivity contribution is 8.00. The van der Waals surface area contributed by atoms with Crippen molar-refractivity contribution >= 4 is 35.0 Å². The number of hydrogen-bond acceptors (Lipinski definition) is 3. The number of anilines is 2. The summed E-state index contributed by atoms with van der Waals surface area (Å²) in [5.74, 6) is -1.11. The highest BCUT2D eigenvalue weighted by atomic mass is 32.2. The molecule has 4 nitrogen and oxygen atoms in total. The Kier molecular flexibility index (Phi) is 5.55. The molecule has 2 amide bonds. The number of nitrogens with one attached hydrogen (secondary N) is 1. The van der Waals surface area contributed by atoms with Gasteiger partial charge < -0.3 is 5.32 Å². The summed E-state index contributed by atoms with van der Waals surface area (Å²) in [5, 5.41) is 2.41. The van der Waals surface area contributed by atoms with Crippen LogP contribution in [0, 0.1) is 18.6 Å². The predicted octanol–water partition coefficient (Wildman–Crippen LogP) is 5.30. The molecule has 0 aliphatic carbocycles. The van der Waals surface area contributed by atoms with Crippen molar-refractivity contribution in [2.75, 3.05) is 16.0 Å². The Labute approximate surface area is 176 Å². The van der Waals surface area contributed by atoms with Crippen LogP contribution >= 0.6 is 11.8 Å². The lowest BCUT2D eigenvalue weighted by Crippen LogP contribution is -2.28. The molecule has 0 aromatic heterocycles. The largest absolute Gasteiger partial charge is 0.322 e. The summed E-state index contributed by atoms with van der Waals surface area (Å²) in [6, 6.07) is 17.2. The van der Waals surface area contributed by atoms with Crippen molar-refractivity contribution in [3.05, 3.63) is 95.1 Å². The van der Waals surface area contributed by atoms with E-state index in [1.54, 1.807) is 42.2 Å². The molecule has 30 heavy (non-hydrogen) atoms. The number of amides is 2. The minimum atomic E-state index is -0.488. The normalized spacial score (nSPS) is 16.0. The van der Waals surface area contributed by atoms with Gasteiger partial charge in [-0.25, -0.2) is 8.78 Å². The van der Waals surface area contributed by atoms with Gasteiger partial charge in [-0.2, -0.15) is 0 Å². The molecule has 0 saturated carbocycles. The van der Waals surface area contributed by atoms with Gasteiger partial charge in [0.2, 0.25) is 5.91 Å². The summed E-state index contributed by atoms with van der Waals surface area (Å²) in [5.41, 5.74) is 2.48. The molecule has 1 heterocycles. The minimum absolute atomic E-state index is 0.104. The van der Waals surface area contributed by atoms with E-state index in [2.05, 4.69) is 5.32 Å². The van der Waals surface area contributed by atoms with E-state index in [9.17, 15) is 18.4 Å². The van der Waals surface area contributed by atoms with Gasteiger partial charge in [0.25, 0.3) is 5.91 Å². The molecule has 1 aliphatic rings. The van der Waals surface area contributed by atoms with Gasteiger partial charge in [0.05, 0.1) is 11.4 Å². The molecule has 3 aromatic carbocycles. The molecule has 0 radical (unpaired) electrons. The Morgan fingerprint density at radius 1 is 1.07 bits per heavy atom. The Morgan fingerprint density at radius 2 is 1.83 bits per heavy atom. The molecule has 1 aliphatic heterocycles. The van der Waals surface area contributed by atoms with Crippen LogP contribution in [-0.2, 0) is 4.79 Å². The first-order valence-corrected chi connectivity index (χ1v) is 10.3. The number of benzene rings is 3. The monoisotopic (exact) mass is 424 g/mol. The maximum absolute atomic E-state index is 14.1. The molecule has 0 bridgehead atoms. The molecule has 1 atom stereocenters. The van der Waals surface area contributed by atoms with E-state index < -0.39 is 11.7 Å². The number of nitrogens with zero attached hydrogens (tertiary/aromatic N) is 1. The number of carbonyl (C=O) groups excluding carboxylic acids is 2. The van der Waals surface area contributed by atoms with Crippen molar-refractivity contribution in [3.63, 3.8) is 0 Å². The van der Waals surface area contributed by atoms with Crippen LogP contribution in [0.3, 0.4) is 0 Å². The van der Waals surface area contributed by atoms with Crippen molar-refractivity contribution in [1.29, 1.82) is 0 Å². The van der Waals surface area contributed by atoms with Crippen molar-refractivity contribution in [2.24, 2.45) is 0 Å². The number of hydrogen-bond donors (Lipinski definition) is 1. The fourth-order valence-electron chi connectivity index (χ4n) is 3.39. The third kappa shape index (κ3) is 3.93. The molecule has 3 aromatic rings. The van der Waals surface area contributed by atoms with E-state index in [0.717, 1.165) is 5.56 Å². The second-order valence-electron chi connectivity index (χ2n) is 6.90. The fourth-order valence-corrected chi connectivity index (χ4v) is 4.55. The molecule has 0 unspecified atom stereocenters. The highest BCUT2D eigenvalue weighted by Gasteiger charge is 2.35. The lowest BCUT2D eigenvalue weighted by molar-refractivity contribution is -0.115. The van der Waals surface area contributed by atoms with Crippen LogP contribution in [0.4, 0.5) is 20.2 Å². The second-order valence-corrected chi connectivity index (χ2v) is 7.97. The first kappa shape index (κ1) is 20.1. The van der Waals surface area contributed by atoms with Crippen molar-refractivity contribution in [1.82, 2.24) is 0 Å². The smallest absolute Gasteiger partial charge is 0.255 e. The quantitative estimate of drug-likeness (QED) is 0.618. The second kappa shape index (κ2) is 8.28. The van der Waals surface area contributed by atoms with Crippen LogP contribution in [0.25, 0.3) is 0 Å². The number of rotatable bonds is 4. The van der Waals surface area contributed by atoms with Crippen LogP contribution in [0.5, 0.6) is 0 Å². The predicted molar refractivity (Wildman–Crippen MR) is 115 cm³/mol. The summed E-state index contributed by atoms with van der Waals surface area (Å²) < 4.78 is 27.5. The average Bonchev–Trinajstić information content (AvgIpc) is 3.11. The zero-order valence-corrected chi connectivity index (χ0v) is 16.9. The minimum Gasteiger partial charge on any atom is -0.322 e. The number of carbonyl (C=O) groups is 2. The van der Waals surface area contributed by atoms with Gasteiger partial charge in [0.15, 0.2) is 0 Å². The molecule has 1 saturated heterocycles. The van der Waals surface area contributed by atoms with E-state index >= 15 is 0 Å². The number of halogens is 2. The third-order valence-electron chi connectivity index (χ3n) is 4.88. The van der Waals surface area contributed by atoms with Gasteiger partial charge in [0, 0.05) is 16.8 Å². The van der Waals surface area contributed by atoms with Gasteiger partial charge in [-0.1, -0.05) is 24.3 Å². The topological polar surface area (TPSA) is 49.4 Å². The molecule has 4 rings (SSSR count). The van der Waals surface area contributed by atoms with Crippen LogP contribution < -0.4 is 10.2 Å². The van der Waals surface area contributed by atoms with Crippen LogP contribution in [-0.4, -0.2) is 17.6 Å². The molecule has 1 N–H and O–H groups in total. The zero-order valence-electron chi connectivity index (χ0n) is 16.1. The Balaban J connectivity index is 1.62. The molecular formula is C23H18F2N2O2S. The summed E-state index contributed by atoms with van der Waals surface area (Å²) in [4.78, 5) is 26.6. The summed E-state index contributed by atoms with van der Waals surface area (Å²) in [6.07, 6.45) is 0. The maximum Gasteiger partial charge on any atom is 0.255 e. The van der Waals surface area contributed by atoms with Crippen molar-refractivity contribution in [3.8, 4) is 0 Å². The van der Waals surface area contributed by atoms with E-state index in [1.807, 2.05) is 6.07 Å². The van der Waals surface area contributed by atoms with Crippen LogP contribution in [0.2, 0.25) is 0 Å². The first-order chi connectivity index (χ1) is 14.4. The molecular weight excluding hydrogens is 406 g/mol. The van der Waals surface area contributed by atoms with Crippen LogP contribution in [0.1, 0.15) is 26.9 Å². The highest BCUT2D eigenvalue weighted by Crippen LogP contribution is 2.43. The molecule has 0 spiro atoms. The summed E-state index contributed by atoms with van der Waals surface area (Å²) in [6.45, 7) is 1.65. The Bertz CT molecular complexity index is 1140. The Morgan fingerprint density at radius 3 is 2.63 bits per heavy atom. The maximum atomic E-state index is 14.1. The van der Waals surface area contributed by atoms with Gasteiger partial charge >= 0.3 is 0 Å². The van der Waals surface area contributed by atoms with Crippen molar-refractivity contribution < 1.29 is 18.4 Å². The molecule has 1 fully saturated rings. The van der Waals surface area contributed by atoms with E-state index in [-0.39, 0.29) is 28.4 Å². The lowest BCUT2D eigenvalue weighted by Gasteiger charge is -2.26. The zero-order chi connectivity index (χ0) is 21.3. The first-order valence-electron chi connectivity index (χ1n) is 9.29. The van der Waals surface area contributed by atoms with Gasteiger partial charge in [-0.3, -0.25) is 14.5 Å². The summed E-state index contributed by atoms with van der Waals surface area (Å²) >= 11 is 1.44. The third-order valence-corrected chi connectivity index (χ3v) is 6.10. The van der Waals surface area contributed by atoms with E-state index in [4.69, 9.17) is 0 Å². The van der Waals surface area contributed by atoms with E-state index in [1.165, 1.54) is 42.1 Å². The SMILES string of the molecule is Cc1c(F)cccc1N1C(=O)CS[C@H]1c1cccc(NC(=O)c2cccc(F)c2)c1. The van der Waals surface area contributed by atoms with E-state index in [0.29, 0.717) is 16.9 Å². The van der Waals surface area contributed by atoms with Crippen LogP contribution in [0.15, 0.2) is 66.7 Å². The molecule has 7 heteroatoms. The fraction of sp³-hybridized carbons (Fsp3) is 0.130. The molecule has 152 valence electrons. The van der Waals surface area contributed by atoms with Crippen molar-refractivity contribution in [2.45, 2.75) is 12.3 Å². The van der Waals surface area contributed by atoms with Gasteiger partial charge in [-0.15, -0.1) is 11.8 Å². The average molecular weight is 424 g/mol. The Hall–Kier alpha value is -3.19. The number of thioether (sulfide) groups is 1. The van der Waals surface area contributed by atoms with Gasteiger partial charge in [-0.05, 0) is 55.0 Å². The lowest BCUT2D eigenvalue weighted by atomic mass is 10.1. The summed E-state index contributed by atoms with van der Waals surface area (Å²) in [7, 11) is 0. The standard InChI is InChI=1S/C23H18F2N2O2S/c1-14-19(25)9-4-10-20(14)27-21(28)13-30-23(27)16-6-3-8-18(12-16)26-22(29)15-5-2-7-17(24)11-15/h2-12,23H,13H2,1H3,(H,26,29)/t23-/m0/s1.